The van der Waals surface area contributed by atoms with Crippen LogP contribution in [0.25, 0.3) is 0 Å². The van der Waals surface area contributed by atoms with Gasteiger partial charge in [-0.2, -0.15) is 0 Å². The minimum Gasteiger partial charge on any atom is -0.504 e. The maximum atomic E-state index is 9.74. The molecule has 2 aromatic carbocycles. The number of aryl methyl sites for hydroxylation is 1. The molecular weight excluding hydrogens is 346 g/mol. The van der Waals surface area contributed by atoms with Gasteiger partial charge in [0.2, 0.25) is 5.75 Å². The maximum absolute atomic E-state index is 9.74. The first kappa shape index (κ1) is 14.8. The highest BCUT2D eigenvalue weighted by Crippen LogP contribution is 2.37. The van der Waals surface area contributed by atoms with E-state index in [2.05, 4.69) is 21.2 Å². The van der Waals surface area contributed by atoms with Crippen LogP contribution >= 0.6 is 27.5 Å². The van der Waals surface area contributed by atoms with Crippen LogP contribution in [0.5, 0.6) is 17.2 Å². The van der Waals surface area contributed by atoms with E-state index in [0.717, 1.165) is 15.7 Å². The third-order valence-electron chi connectivity index (χ3n) is 2.93. The molecule has 0 atom stereocenters. The van der Waals surface area contributed by atoms with Crippen LogP contribution in [0, 0.1) is 6.92 Å². The van der Waals surface area contributed by atoms with Gasteiger partial charge in [0.25, 0.3) is 0 Å². The molecule has 0 fully saturated rings. The van der Waals surface area contributed by atoms with Crippen molar-refractivity contribution in [2.45, 2.75) is 13.5 Å². The molecule has 0 heterocycles. The lowest BCUT2D eigenvalue weighted by atomic mass is 10.1. The number of anilines is 1. The van der Waals surface area contributed by atoms with E-state index in [9.17, 15) is 15.3 Å². The Labute approximate surface area is 129 Å². The zero-order valence-corrected chi connectivity index (χ0v) is 13.0. The van der Waals surface area contributed by atoms with E-state index >= 15 is 0 Å². The molecular formula is C14H13BrClNO3. The van der Waals surface area contributed by atoms with E-state index in [0.29, 0.717) is 10.6 Å². The summed E-state index contributed by atoms with van der Waals surface area (Å²) in [4.78, 5) is 0. The fourth-order valence-corrected chi connectivity index (χ4v) is 2.49. The summed E-state index contributed by atoms with van der Waals surface area (Å²) in [6.45, 7) is 2.18. The summed E-state index contributed by atoms with van der Waals surface area (Å²) in [5, 5.41) is 32.2. The third-order valence-corrected chi connectivity index (χ3v) is 3.99. The van der Waals surface area contributed by atoms with Crippen molar-refractivity contribution in [3.63, 3.8) is 0 Å². The van der Waals surface area contributed by atoms with Gasteiger partial charge in [0.05, 0.1) is 5.69 Å². The molecule has 0 aliphatic heterocycles. The van der Waals surface area contributed by atoms with Crippen molar-refractivity contribution in [1.82, 2.24) is 0 Å². The molecule has 6 heteroatoms. The van der Waals surface area contributed by atoms with Crippen molar-refractivity contribution in [3.05, 3.63) is 44.9 Å². The quantitative estimate of drug-likeness (QED) is 0.622. The predicted molar refractivity (Wildman–Crippen MR) is 82.7 cm³/mol. The topological polar surface area (TPSA) is 72.7 Å². The van der Waals surface area contributed by atoms with Gasteiger partial charge in [-0.3, -0.25) is 0 Å². The highest BCUT2D eigenvalue weighted by atomic mass is 79.9. The monoisotopic (exact) mass is 357 g/mol. The van der Waals surface area contributed by atoms with Crippen molar-refractivity contribution >= 4 is 33.2 Å². The first-order valence-electron chi connectivity index (χ1n) is 5.82. The number of rotatable bonds is 3. The van der Waals surface area contributed by atoms with Crippen molar-refractivity contribution in [2.24, 2.45) is 0 Å². The van der Waals surface area contributed by atoms with E-state index in [1.54, 1.807) is 6.07 Å². The van der Waals surface area contributed by atoms with Crippen LogP contribution < -0.4 is 5.32 Å². The molecule has 0 radical (unpaired) electrons. The lowest BCUT2D eigenvalue weighted by Gasteiger charge is -2.12. The summed E-state index contributed by atoms with van der Waals surface area (Å²) in [5.41, 5.74) is 2.19. The Morgan fingerprint density at radius 1 is 1.15 bits per heavy atom. The summed E-state index contributed by atoms with van der Waals surface area (Å²) in [5.74, 6) is -1.22. The van der Waals surface area contributed by atoms with Crippen molar-refractivity contribution in [3.8, 4) is 17.2 Å². The van der Waals surface area contributed by atoms with Crippen molar-refractivity contribution in [2.75, 3.05) is 5.32 Å². The van der Waals surface area contributed by atoms with E-state index < -0.39 is 5.75 Å². The molecule has 0 spiro atoms. The molecule has 4 N–H and O–H groups in total. The molecule has 0 aliphatic carbocycles. The number of hydrogen-bond acceptors (Lipinski definition) is 4. The van der Waals surface area contributed by atoms with Crippen LogP contribution in [0.3, 0.4) is 0 Å². The average molecular weight is 359 g/mol. The molecule has 4 nitrogen and oxygen atoms in total. The van der Waals surface area contributed by atoms with Gasteiger partial charge in [-0.05, 0) is 52.7 Å². The number of aromatic hydroxyl groups is 3. The van der Waals surface area contributed by atoms with Crippen LogP contribution in [-0.4, -0.2) is 15.3 Å². The normalized spacial score (nSPS) is 10.6. The summed E-state index contributed by atoms with van der Waals surface area (Å²) in [6, 6.07) is 6.52. The largest absolute Gasteiger partial charge is 0.504 e. The van der Waals surface area contributed by atoms with E-state index in [1.165, 1.54) is 12.1 Å². The van der Waals surface area contributed by atoms with Crippen LogP contribution in [0.2, 0.25) is 5.02 Å². The van der Waals surface area contributed by atoms with Gasteiger partial charge >= 0.3 is 0 Å². The molecule has 2 aromatic rings. The molecule has 0 bridgehead atoms. The standard InChI is InChI=1S/C14H13BrClNO3/c1-7-4-9(15)11(5-10(7)16)17-6-8-2-3-12(18)14(20)13(8)19/h2-5,17-20H,6H2,1H3. The highest BCUT2D eigenvalue weighted by molar-refractivity contribution is 9.10. The minimum absolute atomic E-state index is 0.275. The fraction of sp³-hybridized carbons (Fsp3) is 0.143. The van der Waals surface area contributed by atoms with Gasteiger partial charge in [0.15, 0.2) is 11.5 Å². The maximum Gasteiger partial charge on any atom is 0.200 e. The average Bonchev–Trinajstić information content (AvgIpc) is 2.40. The number of phenols is 3. The van der Waals surface area contributed by atoms with Gasteiger partial charge < -0.3 is 20.6 Å². The molecule has 106 valence electrons. The number of halogens is 2. The Balaban J connectivity index is 2.21. The van der Waals surface area contributed by atoms with Gasteiger partial charge in [-0.15, -0.1) is 0 Å². The molecule has 0 aromatic heterocycles. The smallest absolute Gasteiger partial charge is 0.200 e. The lowest BCUT2D eigenvalue weighted by Crippen LogP contribution is -2.01. The molecule has 0 unspecified atom stereocenters. The van der Waals surface area contributed by atoms with E-state index in [1.807, 2.05) is 13.0 Å². The van der Waals surface area contributed by atoms with Crippen LogP contribution in [0.4, 0.5) is 5.69 Å². The molecule has 0 saturated heterocycles. The molecule has 0 aliphatic rings. The van der Waals surface area contributed by atoms with Gasteiger partial charge in [-0.25, -0.2) is 0 Å². The Morgan fingerprint density at radius 3 is 2.55 bits per heavy atom. The zero-order valence-electron chi connectivity index (χ0n) is 10.6. The lowest BCUT2D eigenvalue weighted by molar-refractivity contribution is 0.365. The van der Waals surface area contributed by atoms with Gasteiger partial charge in [0, 0.05) is 21.6 Å². The summed E-state index contributed by atoms with van der Waals surface area (Å²) < 4.78 is 0.849. The zero-order chi connectivity index (χ0) is 14.9. The number of nitrogens with one attached hydrogen (secondary N) is 1. The second kappa shape index (κ2) is 5.81. The van der Waals surface area contributed by atoms with Crippen LogP contribution in [0.1, 0.15) is 11.1 Å². The number of hydrogen-bond donors (Lipinski definition) is 4. The summed E-state index contributed by atoms with van der Waals surface area (Å²) in [7, 11) is 0. The predicted octanol–water partition coefficient (Wildman–Crippen LogP) is 4.14. The first-order valence-corrected chi connectivity index (χ1v) is 6.99. The van der Waals surface area contributed by atoms with Crippen LogP contribution in [0.15, 0.2) is 28.7 Å². The second-order valence-corrected chi connectivity index (χ2v) is 5.64. The molecule has 20 heavy (non-hydrogen) atoms. The van der Waals surface area contributed by atoms with Crippen molar-refractivity contribution < 1.29 is 15.3 Å². The Bertz CT molecular complexity index is 659. The summed E-state index contributed by atoms with van der Waals surface area (Å²) >= 11 is 9.49. The highest BCUT2D eigenvalue weighted by Gasteiger charge is 2.11. The van der Waals surface area contributed by atoms with Crippen molar-refractivity contribution in [1.29, 1.82) is 0 Å². The van der Waals surface area contributed by atoms with Crippen LogP contribution in [-0.2, 0) is 6.54 Å². The fourth-order valence-electron chi connectivity index (χ4n) is 1.73. The Kier molecular flexibility index (Phi) is 4.30. The molecule has 0 amide bonds. The summed E-state index contributed by atoms with van der Waals surface area (Å²) in [6.07, 6.45) is 0. The van der Waals surface area contributed by atoms with Gasteiger partial charge in [-0.1, -0.05) is 11.6 Å². The molecule has 0 saturated carbocycles. The Morgan fingerprint density at radius 2 is 1.85 bits per heavy atom. The molecule has 2 rings (SSSR count). The van der Waals surface area contributed by atoms with E-state index in [-0.39, 0.29) is 18.0 Å². The second-order valence-electron chi connectivity index (χ2n) is 4.38. The SMILES string of the molecule is Cc1cc(Br)c(NCc2ccc(O)c(O)c2O)cc1Cl. The third kappa shape index (κ3) is 2.94. The number of phenolic OH excluding ortho intramolecular Hbond substituents is 3. The first-order chi connectivity index (χ1) is 9.40. The van der Waals surface area contributed by atoms with E-state index in [4.69, 9.17) is 11.6 Å². The van der Waals surface area contributed by atoms with Gasteiger partial charge in [0.1, 0.15) is 0 Å². The minimum atomic E-state index is -0.523. The number of benzene rings is 2. The Hall–Kier alpha value is -1.59.